The molecule has 0 spiro atoms. The number of para-hydroxylation sites is 2. The van der Waals surface area contributed by atoms with Gasteiger partial charge in [-0.3, -0.25) is 9.59 Å². The van der Waals surface area contributed by atoms with E-state index in [2.05, 4.69) is 10.6 Å². The topological polar surface area (TPSA) is 63.1 Å². The van der Waals surface area contributed by atoms with Crippen LogP contribution in [0.25, 0.3) is 10.9 Å². The number of nitrogens with one attached hydrogen (secondary N) is 2. The highest BCUT2D eigenvalue weighted by Crippen LogP contribution is 2.21. The van der Waals surface area contributed by atoms with Crippen molar-refractivity contribution in [2.45, 2.75) is 6.42 Å². The number of rotatable bonds is 6. The lowest BCUT2D eigenvalue weighted by Gasteiger charge is -2.12. The molecule has 0 bridgehead atoms. The SMILES string of the molecule is Cn1c(C(=O)Nc2ccccc2C(=O)NCCc2ccccc2)cc2ccccc21. The zero-order chi connectivity index (χ0) is 20.9. The highest BCUT2D eigenvalue weighted by molar-refractivity contribution is 6.10. The molecule has 2 amide bonds. The minimum Gasteiger partial charge on any atom is -0.352 e. The molecule has 3 aromatic carbocycles. The van der Waals surface area contributed by atoms with Crippen molar-refractivity contribution in [1.82, 2.24) is 9.88 Å². The summed E-state index contributed by atoms with van der Waals surface area (Å²) in [6, 6.07) is 26.7. The lowest BCUT2D eigenvalue weighted by atomic mass is 10.1. The number of nitrogens with zero attached hydrogens (tertiary/aromatic N) is 1. The molecule has 30 heavy (non-hydrogen) atoms. The largest absolute Gasteiger partial charge is 0.352 e. The number of carbonyl (C=O) groups excluding carboxylic acids is 2. The summed E-state index contributed by atoms with van der Waals surface area (Å²) in [4.78, 5) is 25.6. The summed E-state index contributed by atoms with van der Waals surface area (Å²) >= 11 is 0. The van der Waals surface area contributed by atoms with Gasteiger partial charge in [0.1, 0.15) is 5.69 Å². The summed E-state index contributed by atoms with van der Waals surface area (Å²) in [5.74, 6) is -0.461. The van der Waals surface area contributed by atoms with Crippen molar-refractivity contribution in [2.24, 2.45) is 7.05 Å². The van der Waals surface area contributed by atoms with Crippen LogP contribution < -0.4 is 10.6 Å². The first kappa shape index (κ1) is 19.5. The van der Waals surface area contributed by atoms with Crippen LogP contribution in [0.3, 0.4) is 0 Å². The van der Waals surface area contributed by atoms with E-state index in [1.165, 1.54) is 0 Å². The molecule has 0 aliphatic rings. The van der Waals surface area contributed by atoms with E-state index in [0.29, 0.717) is 23.5 Å². The third kappa shape index (κ3) is 4.10. The van der Waals surface area contributed by atoms with E-state index in [1.54, 1.807) is 24.3 Å². The van der Waals surface area contributed by atoms with E-state index in [9.17, 15) is 9.59 Å². The maximum Gasteiger partial charge on any atom is 0.272 e. The van der Waals surface area contributed by atoms with Gasteiger partial charge in [0.05, 0.1) is 11.3 Å². The molecule has 1 aromatic heterocycles. The lowest BCUT2D eigenvalue weighted by Crippen LogP contribution is -2.27. The van der Waals surface area contributed by atoms with Crippen LogP contribution in [0, 0.1) is 0 Å². The molecule has 0 saturated carbocycles. The van der Waals surface area contributed by atoms with Gasteiger partial charge in [-0.05, 0) is 36.2 Å². The first-order valence-electron chi connectivity index (χ1n) is 9.90. The zero-order valence-corrected chi connectivity index (χ0v) is 16.8. The van der Waals surface area contributed by atoms with Crippen molar-refractivity contribution < 1.29 is 9.59 Å². The first-order valence-corrected chi connectivity index (χ1v) is 9.90. The molecule has 4 rings (SSSR count). The van der Waals surface area contributed by atoms with Crippen LogP contribution in [0.15, 0.2) is 84.9 Å². The van der Waals surface area contributed by atoms with Crippen molar-refractivity contribution in [3.8, 4) is 0 Å². The minimum atomic E-state index is -0.252. The van der Waals surface area contributed by atoms with Gasteiger partial charge in [-0.15, -0.1) is 0 Å². The molecule has 0 unspecified atom stereocenters. The fraction of sp³-hybridized carbons (Fsp3) is 0.120. The molecular weight excluding hydrogens is 374 g/mol. The maximum atomic E-state index is 12.9. The van der Waals surface area contributed by atoms with Gasteiger partial charge in [0.2, 0.25) is 0 Å². The molecule has 4 aromatic rings. The average molecular weight is 397 g/mol. The Labute approximate surface area is 175 Å². The number of fused-ring (bicyclic) bond motifs is 1. The summed E-state index contributed by atoms with van der Waals surface area (Å²) in [7, 11) is 1.86. The van der Waals surface area contributed by atoms with Crippen LogP contribution in [0.5, 0.6) is 0 Å². The molecular formula is C25H23N3O2. The Hall–Kier alpha value is -3.86. The minimum absolute atomic E-state index is 0.209. The monoisotopic (exact) mass is 397 g/mol. The molecule has 0 aliphatic carbocycles. The Morgan fingerprint density at radius 1 is 0.833 bits per heavy atom. The second kappa shape index (κ2) is 8.66. The molecule has 5 nitrogen and oxygen atoms in total. The average Bonchev–Trinajstić information content (AvgIpc) is 3.12. The third-order valence-corrected chi connectivity index (χ3v) is 5.15. The van der Waals surface area contributed by atoms with E-state index < -0.39 is 0 Å². The Bertz CT molecular complexity index is 1200. The van der Waals surface area contributed by atoms with Gasteiger partial charge in [-0.1, -0.05) is 60.7 Å². The Morgan fingerprint density at radius 2 is 1.53 bits per heavy atom. The van der Waals surface area contributed by atoms with Crippen molar-refractivity contribution in [3.63, 3.8) is 0 Å². The van der Waals surface area contributed by atoms with Crippen LogP contribution in [0.1, 0.15) is 26.4 Å². The lowest BCUT2D eigenvalue weighted by molar-refractivity contribution is 0.0955. The van der Waals surface area contributed by atoms with Gasteiger partial charge in [0.15, 0.2) is 0 Å². The van der Waals surface area contributed by atoms with Gasteiger partial charge >= 0.3 is 0 Å². The van der Waals surface area contributed by atoms with Gasteiger partial charge in [0, 0.05) is 24.5 Å². The zero-order valence-electron chi connectivity index (χ0n) is 16.8. The van der Waals surface area contributed by atoms with Crippen molar-refractivity contribution in [1.29, 1.82) is 0 Å². The summed E-state index contributed by atoms with van der Waals surface area (Å²) in [6.07, 6.45) is 0.747. The van der Waals surface area contributed by atoms with Crippen LogP contribution in [-0.2, 0) is 13.5 Å². The Balaban J connectivity index is 1.47. The predicted molar refractivity (Wildman–Crippen MR) is 120 cm³/mol. The molecule has 1 heterocycles. The molecule has 0 aliphatic heterocycles. The van der Waals surface area contributed by atoms with Crippen molar-refractivity contribution in [2.75, 3.05) is 11.9 Å². The van der Waals surface area contributed by atoms with E-state index >= 15 is 0 Å². The highest BCUT2D eigenvalue weighted by Gasteiger charge is 2.17. The maximum absolute atomic E-state index is 12.9. The van der Waals surface area contributed by atoms with Gasteiger partial charge < -0.3 is 15.2 Å². The molecule has 5 heteroatoms. The number of anilines is 1. The Morgan fingerprint density at radius 3 is 2.33 bits per heavy atom. The second-order valence-electron chi connectivity index (χ2n) is 7.14. The van der Waals surface area contributed by atoms with Gasteiger partial charge in [-0.25, -0.2) is 0 Å². The van der Waals surface area contributed by atoms with Crippen molar-refractivity contribution in [3.05, 3.63) is 102 Å². The Kier molecular flexibility index (Phi) is 5.61. The predicted octanol–water partition coefficient (Wildman–Crippen LogP) is 4.40. The molecule has 0 saturated heterocycles. The van der Waals surface area contributed by atoms with Gasteiger partial charge in [0.25, 0.3) is 11.8 Å². The molecule has 150 valence electrons. The quantitative estimate of drug-likeness (QED) is 0.506. The number of benzene rings is 3. The van der Waals surface area contributed by atoms with Gasteiger partial charge in [-0.2, -0.15) is 0 Å². The summed E-state index contributed by atoms with van der Waals surface area (Å²) < 4.78 is 1.85. The normalized spacial score (nSPS) is 10.7. The molecule has 0 radical (unpaired) electrons. The van der Waals surface area contributed by atoms with Crippen LogP contribution >= 0.6 is 0 Å². The number of aromatic nitrogens is 1. The van der Waals surface area contributed by atoms with E-state index in [0.717, 1.165) is 22.9 Å². The number of aryl methyl sites for hydroxylation is 1. The molecule has 2 N–H and O–H groups in total. The van der Waals surface area contributed by atoms with Crippen molar-refractivity contribution >= 4 is 28.4 Å². The highest BCUT2D eigenvalue weighted by atomic mass is 16.2. The van der Waals surface area contributed by atoms with Crippen LogP contribution in [0.2, 0.25) is 0 Å². The number of hydrogen-bond acceptors (Lipinski definition) is 2. The summed E-state index contributed by atoms with van der Waals surface area (Å²) in [5, 5.41) is 6.83. The summed E-state index contributed by atoms with van der Waals surface area (Å²) in [5.41, 5.74) is 3.61. The number of amides is 2. The molecule has 0 fully saturated rings. The first-order chi connectivity index (χ1) is 14.6. The number of carbonyl (C=O) groups is 2. The second-order valence-corrected chi connectivity index (χ2v) is 7.14. The van der Waals surface area contributed by atoms with Crippen LogP contribution in [0.4, 0.5) is 5.69 Å². The fourth-order valence-corrected chi connectivity index (χ4v) is 3.54. The fourth-order valence-electron chi connectivity index (χ4n) is 3.54. The van der Waals surface area contributed by atoms with E-state index in [1.807, 2.05) is 72.3 Å². The van der Waals surface area contributed by atoms with E-state index in [-0.39, 0.29) is 11.8 Å². The summed E-state index contributed by atoms with van der Waals surface area (Å²) in [6.45, 7) is 0.522. The van der Waals surface area contributed by atoms with Crippen LogP contribution in [-0.4, -0.2) is 22.9 Å². The standard InChI is InChI=1S/C25H23N3O2/c1-28-22-14-8-5-11-19(22)17-23(28)25(30)27-21-13-7-6-12-20(21)24(29)26-16-15-18-9-3-2-4-10-18/h2-14,17H,15-16H2,1H3,(H,26,29)(H,27,30). The smallest absolute Gasteiger partial charge is 0.272 e. The molecule has 0 atom stereocenters. The third-order valence-electron chi connectivity index (χ3n) is 5.15. The van der Waals surface area contributed by atoms with E-state index in [4.69, 9.17) is 0 Å². The number of hydrogen-bond donors (Lipinski definition) is 2.